The summed E-state index contributed by atoms with van der Waals surface area (Å²) in [5.74, 6) is 0.276. The summed E-state index contributed by atoms with van der Waals surface area (Å²) in [6.45, 7) is 0.540. The molecule has 0 aliphatic heterocycles. The molecule has 6 heteroatoms. The summed E-state index contributed by atoms with van der Waals surface area (Å²) in [4.78, 5) is 21.0. The van der Waals surface area contributed by atoms with Crippen LogP contribution >= 0.6 is 11.6 Å². The first-order valence-electron chi connectivity index (χ1n) is 9.03. The lowest BCUT2D eigenvalue weighted by Crippen LogP contribution is -2.06. The molecule has 0 aliphatic carbocycles. The van der Waals surface area contributed by atoms with Gasteiger partial charge in [-0.05, 0) is 42.0 Å². The zero-order valence-electron chi connectivity index (χ0n) is 15.4. The first-order valence-corrected chi connectivity index (χ1v) is 9.41. The van der Waals surface area contributed by atoms with Gasteiger partial charge in [-0.3, -0.25) is 4.98 Å². The zero-order valence-corrected chi connectivity index (χ0v) is 16.2. The Labute approximate surface area is 172 Å². The lowest BCUT2D eigenvalue weighted by Gasteiger charge is -2.09. The predicted molar refractivity (Wildman–Crippen MR) is 111 cm³/mol. The summed E-state index contributed by atoms with van der Waals surface area (Å²) in [6, 6.07) is 21.9. The molecule has 0 radical (unpaired) electrons. The van der Waals surface area contributed by atoms with E-state index >= 15 is 0 Å². The molecule has 2 aromatic heterocycles. The number of halogens is 1. The van der Waals surface area contributed by atoms with Crippen LogP contribution in [0.25, 0.3) is 10.9 Å². The summed E-state index contributed by atoms with van der Waals surface area (Å²) in [5, 5.41) is 0.963. The van der Waals surface area contributed by atoms with Gasteiger partial charge >= 0.3 is 5.97 Å². The minimum atomic E-state index is -0.444. The van der Waals surface area contributed by atoms with Crippen molar-refractivity contribution in [1.82, 2.24) is 9.97 Å². The van der Waals surface area contributed by atoms with Crippen LogP contribution < -0.4 is 4.74 Å². The van der Waals surface area contributed by atoms with Gasteiger partial charge in [-0.15, -0.1) is 0 Å². The van der Waals surface area contributed by atoms with Gasteiger partial charge in [0.2, 0.25) is 0 Å². The predicted octanol–water partition coefficient (Wildman–Crippen LogP) is 5.22. The summed E-state index contributed by atoms with van der Waals surface area (Å²) < 4.78 is 11.2. The van der Waals surface area contributed by atoms with E-state index in [1.807, 2.05) is 66.7 Å². The van der Waals surface area contributed by atoms with E-state index in [0.29, 0.717) is 23.1 Å². The Hall–Kier alpha value is -3.44. The van der Waals surface area contributed by atoms with E-state index in [9.17, 15) is 4.79 Å². The largest absolute Gasteiger partial charge is 0.487 e. The van der Waals surface area contributed by atoms with Crippen LogP contribution in [0.5, 0.6) is 5.75 Å². The third-order valence-electron chi connectivity index (χ3n) is 4.31. The van der Waals surface area contributed by atoms with E-state index in [2.05, 4.69) is 9.97 Å². The summed E-state index contributed by atoms with van der Waals surface area (Å²) in [5.41, 5.74) is 2.76. The zero-order chi connectivity index (χ0) is 20.1. The maximum atomic E-state index is 12.6. The number of benzene rings is 2. The number of ether oxygens (including phenoxy) is 2. The number of para-hydroxylation sites is 1. The molecule has 4 rings (SSSR count). The number of pyridine rings is 2. The smallest absolute Gasteiger partial charge is 0.339 e. The molecule has 5 nitrogen and oxygen atoms in total. The monoisotopic (exact) mass is 404 g/mol. The van der Waals surface area contributed by atoms with Gasteiger partial charge in [0.15, 0.2) is 0 Å². The molecule has 0 saturated carbocycles. The quantitative estimate of drug-likeness (QED) is 0.325. The number of rotatable bonds is 6. The van der Waals surface area contributed by atoms with Gasteiger partial charge in [0.05, 0.1) is 16.8 Å². The summed E-state index contributed by atoms with van der Waals surface area (Å²) in [6.07, 6.45) is 1.73. The topological polar surface area (TPSA) is 61.3 Å². The Morgan fingerprint density at radius 2 is 1.72 bits per heavy atom. The number of carbonyl (C=O) groups is 1. The maximum Gasteiger partial charge on any atom is 0.339 e. The Morgan fingerprint density at radius 3 is 2.52 bits per heavy atom. The van der Waals surface area contributed by atoms with Gasteiger partial charge < -0.3 is 9.47 Å². The van der Waals surface area contributed by atoms with Gasteiger partial charge in [0, 0.05) is 11.6 Å². The molecule has 0 atom stereocenters. The van der Waals surface area contributed by atoms with Crippen LogP contribution in [0.2, 0.25) is 5.15 Å². The average Bonchev–Trinajstić information content (AvgIpc) is 2.77. The Kier molecular flexibility index (Phi) is 5.68. The second-order valence-electron chi connectivity index (χ2n) is 6.34. The minimum absolute atomic E-state index is 0.146. The normalized spacial score (nSPS) is 10.7. The Bertz CT molecular complexity index is 1130. The number of nitrogens with zero attached hydrogens (tertiary/aromatic N) is 2. The fourth-order valence-corrected chi connectivity index (χ4v) is 3.06. The van der Waals surface area contributed by atoms with E-state index in [4.69, 9.17) is 21.1 Å². The van der Waals surface area contributed by atoms with Gasteiger partial charge in [0.1, 0.15) is 24.1 Å². The number of hydrogen-bond donors (Lipinski definition) is 0. The fraction of sp³-hybridized carbons (Fsp3) is 0.0870. The summed E-state index contributed by atoms with van der Waals surface area (Å²) in [7, 11) is 0. The van der Waals surface area contributed by atoms with Crippen molar-refractivity contribution in [2.75, 3.05) is 0 Å². The van der Waals surface area contributed by atoms with Crippen molar-refractivity contribution in [3.63, 3.8) is 0 Å². The van der Waals surface area contributed by atoms with Crippen molar-refractivity contribution in [1.29, 1.82) is 0 Å². The molecule has 0 N–H and O–H groups in total. The molecule has 29 heavy (non-hydrogen) atoms. The third kappa shape index (κ3) is 4.70. The van der Waals surface area contributed by atoms with Crippen LogP contribution in [0, 0.1) is 0 Å². The van der Waals surface area contributed by atoms with E-state index in [-0.39, 0.29) is 11.8 Å². The van der Waals surface area contributed by atoms with E-state index in [0.717, 1.165) is 17.0 Å². The van der Waals surface area contributed by atoms with Crippen LogP contribution in [0.4, 0.5) is 0 Å². The molecular formula is C23H17ClN2O3. The van der Waals surface area contributed by atoms with E-state index in [1.165, 1.54) is 6.07 Å². The molecule has 144 valence electrons. The van der Waals surface area contributed by atoms with Gasteiger partial charge in [0.25, 0.3) is 0 Å². The standard InChI is InChI=1S/C23H17ClN2O3/c24-22-13-20(19-6-1-2-7-21(19)26-22)23(27)29-14-16-8-10-18(11-9-16)28-15-17-5-3-4-12-25-17/h1-13H,14-15H2. The second-order valence-corrected chi connectivity index (χ2v) is 6.73. The molecule has 4 aromatic rings. The van der Waals surface area contributed by atoms with E-state index < -0.39 is 5.97 Å². The van der Waals surface area contributed by atoms with Crippen LogP contribution in [-0.2, 0) is 18.0 Å². The number of fused-ring (bicyclic) bond motifs is 1. The summed E-state index contributed by atoms with van der Waals surface area (Å²) >= 11 is 6.04. The lowest BCUT2D eigenvalue weighted by atomic mass is 10.1. The lowest BCUT2D eigenvalue weighted by molar-refractivity contribution is 0.0475. The van der Waals surface area contributed by atoms with Gasteiger partial charge in [-0.25, -0.2) is 9.78 Å². The van der Waals surface area contributed by atoms with Crippen molar-refractivity contribution in [3.05, 3.63) is 101 Å². The highest BCUT2D eigenvalue weighted by Crippen LogP contribution is 2.22. The van der Waals surface area contributed by atoms with E-state index in [1.54, 1.807) is 6.20 Å². The average molecular weight is 405 g/mol. The molecule has 2 aromatic carbocycles. The molecule has 0 aliphatic rings. The highest BCUT2D eigenvalue weighted by Gasteiger charge is 2.14. The van der Waals surface area contributed by atoms with Crippen LogP contribution in [-0.4, -0.2) is 15.9 Å². The van der Waals surface area contributed by atoms with Crippen molar-refractivity contribution in [2.24, 2.45) is 0 Å². The van der Waals surface area contributed by atoms with Crippen LogP contribution in [0.3, 0.4) is 0 Å². The fourth-order valence-electron chi connectivity index (χ4n) is 2.86. The van der Waals surface area contributed by atoms with Crippen molar-refractivity contribution >= 4 is 28.5 Å². The molecule has 0 fully saturated rings. The molecule has 0 spiro atoms. The molecule has 0 saturated heterocycles. The Balaban J connectivity index is 1.38. The van der Waals surface area contributed by atoms with Crippen molar-refractivity contribution < 1.29 is 14.3 Å². The van der Waals surface area contributed by atoms with Gasteiger partial charge in [-0.2, -0.15) is 0 Å². The van der Waals surface area contributed by atoms with Crippen LogP contribution in [0.15, 0.2) is 79.0 Å². The van der Waals surface area contributed by atoms with Gasteiger partial charge in [-0.1, -0.05) is 48.0 Å². The molecular weight excluding hydrogens is 388 g/mol. The third-order valence-corrected chi connectivity index (χ3v) is 4.50. The van der Waals surface area contributed by atoms with Crippen molar-refractivity contribution in [2.45, 2.75) is 13.2 Å². The van der Waals surface area contributed by atoms with Crippen LogP contribution in [0.1, 0.15) is 21.6 Å². The maximum absolute atomic E-state index is 12.6. The number of hydrogen-bond acceptors (Lipinski definition) is 5. The Morgan fingerprint density at radius 1 is 0.931 bits per heavy atom. The number of carbonyl (C=O) groups excluding carboxylic acids is 1. The first kappa shape index (κ1) is 18.9. The molecule has 0 amide bonds. The van der Waals surface area contributed by atoms with Crippen molar-refractivity contribution in [3.8, 4) is 5.75 Å². The molecule has 0 unspecified atom stereocenters. The SMILES string of the molecule is O=C(OCc1ccc(OCc2ccccn2)cc1)c1cc(Cl)nc2ccccc12. The second kappa shape index (κ2) is 8.71. The molecule has 2 heterocycles. The highest BCUT2D eigenvalue weighted by atomic mass is 35.5. The number of esters is 1. The highest BCUT2D eigenvalue weighted by molar-refractivity contribution is 6.30. The molecule has 0 bridgehead atoms. The minimum Gasteiger partial charge on any atom is -0.487 e. The number of aromatic nitrogens is 2. The first-order chi connectivity index (χ1) is 14.2.